The predicted octanol–water partition coefficient (Wildman–Crippen LogP) is 4.09. The van der Waals surface area contributed by atoms with E-state index in [1.807, 2.05) is 59.5 Å². The Balaban J connectivity index is 1.34. The summed E-state index contributed by atoms with van der Waals surface area (Å²) in [6, 6.07) is 17.8. The summed E-state index contributed by atoms with van der Waals surface area (Å²) in [6.07, 6.45) is 3.21. The van der Waals surface area contributed by atoms with Crippen LogP contribution in [-0.2, 0) is 4.79 Å². The van der Waals surface area contributed by atoms with Gasteiger partial charge in [-0.25, -0.2) is 4.98 Å². The molecule has 0 saturated carbocycles. The Morgan fingerprint density at radius 2 is 1.96 bits per heavy atom. The molecule has 0 spiro atoms. The van der Waals surface area contributed by atoms with Crippen LogP contribution in [0.3, 0.4) is 0 Å². The average Bonchev–Trinajstić information content (AvgIpc) is 3.32. The van der Waals surface area contributed by atoms with E-state index >= 15 is 0 Å². The van der Waals surface area contributed by atoms with E-state index < -0.39 is 0 Å². The van der Waals surface area contributed by atoms with Crippen LogP contribution in [0.2, 0.25) is 0 Å². The van der Waals surface area contributed by atoms with Crippen LogP contribution in [0.15, 0.2) is 54.6 Å². The SMILES string of the molecule is O=C(CCCOc1ccccc1)N1CCCC1c1nc2ccccc2[nH]1. The molecule has 1 atom stereocenters. The first-order chi connectivity index (χ1) is 12.8. The number of para-hydroxylation sites is 3. The molecule has 1 unspecified atom stereocenters. The van der Waals surface area contributed by atoms with E-state index in [4.69, 9.17) is 4.74 Å². The summed E-state index contributed by atoms with van der Waals surface area (Å²) in [5.74, 6) is 1.93. The number of amides is 1. The smallest absolute Gasteiger partial charge is 0.223 e. The Morgan fingerprint density at radius 3 is 2.81 bits per heavy atom. The number of hydrogen-bond donors (Lipinski definition) is 1. The zero-order valence-electron chi connectivity index (χ0n) is 14.7. The molecule has 3 aromatic rings. The van der Waals surface area contributed by atoms with E-state index in [0.29, 0.717) is 13.0 Å². The average molecular weight is 349 g/mol. The lowest BCUT2D eigenvalue weighted by Crippen LogP contribution is -2.31. The molecule has 0 radical (unpaired) electrons. The molecule has 0 bridgehead atoms. The fourth-order valence-electron chi connectivity index (χ4n) is 3.55. The summed E-state index contributed by atoms with van der Waals surface area (Å²) in [6.45, 7) is 1.36. The molecule has 1 saturated heterocycles. The number of nitrogens with zero attached hydrogens (tertiary/aromatic N) is 2. The lowest BCUT2D eigenvalue weighted by Gasteiger charge is -2.23. The van der Waals surface area contributed by atoms with Crippen molar-refractivity contribution in [3.63, 3.8) is 0 Å². The third-order valence-corrected chi connectivity index (χ3v) is 4.84. The molecule has 1 aromatic heterocycles. The van der Waals surface area contributed by atoms with Gasteiger partial charge in [0, 0.05) is 13.0 Å². The molecular weight excluding hydrogens is 326 g/mol. The van der Waals surface area contributed by atoms with Gasteiger partial charge in [0.2, 0.25) is 5.91 Å². The Labute approximate surface area is 153 Å². The zero-order valence-corrected chi connectivity index (χ0v) is 14.7. The van der Waals surface area contributed by atoms with E-state index in [9.17, 15) is 4.79 Å². The molecule has 1 amide bonds. The van der Waals surface area contributed by atoms with Gasteiger partial charge in [0.15, 0.2) is 0 Å². The number of fused-ring (bicyclic) bond motifs is 1. The summed E-state index contributed by atoms with van der Waals surface area (Å²) in [7, 11) is 0. The van der Waals surface area contributed by atoms with E-state index in [2.05, 4.69) is 9.97 Å². The minimum Gasteiger partial charge on any atom is -0.494 e. The number of aromatic nitrogens is 2. The van der Waals surface area contributed by atoms with Gasteiger partial charge in [-0.05, 0) is 43.5 Å². The third kappa shape index (κ3) is 3.57. The van der Waals surface area contributed by atoms with Gasteiger partial charge in [-0.3, -0.25) is 4.79 Å². The Bertz CT molecular complexity index is 842. The molecule has 5 heteroatoms. The molecule has 2 heterocycles. The van der Waals surface area contributed by atoms with Crippen LogP contribution in [0, 0.1) is 0 Å². The maximum absolute atomic E-state index is 12.7. The van der Waals surface area contributed by atoms with E-state index in [1.165, 1.54) is 0 Å². The maximum atomic E-state index is 12.7. The fraction of sp³-hybridized carbons (Fsp3) is 0.333. The van der Waals surface area contributed by atoms with Gasteiger partial charge >= 0.3 is 0 Å². The summed E-state index contributed by atoms with van der Waals surface area (Å²) in [5.41, 5.74) is 1.98. The van der Waals surface area contributed by atoms with Crippen LogP contribution in [0.1, 0.15) is 37.5 Å². The topological polar surface area (TPSA) is 58.2 Å². The number of nitrogens with one attached hydrogen (secondary N) is 1. The van der Waals surface area contributed by atoms with Crippen molar-refractivity contribution in [2.45, 2.75) is 31.7 Å². The van der Waals surface area contributed by atoms with Crippen molar-refractivity contribution < 1.29 is 9.53 Å². The highest BCUT2D eigenvalue weighted by atomic mass is 16.5. The van der Waals surface area contributed by atoms with Gasteiger partial charge in [-0.15, -0.1) is 0 Å². The first-order valence-electron chi connectivity index (χ1n) is 9.23. The normalized spacial score (nSPS) is 16.9. The summed E-state index contributed by atoms with van der Waals surface area (Å²) >= 11 is 0. The number of ether oxygens (including phenoxy) is 1. The highest BCUT2D eigenvalue weighted by Gasteiger charge is 2.31. The largest absolute Gasteiger partial charge is 0.494 e. The molecular formula is C21H23N3O2. The number of likely N-dealkylation sites (tertiary alicyclic amines) is 1. The molecule has 0 aliphatic carbocycles. The highest BCUT2D eigenvalue weighted by Crippen LogP contribution is 2.32. The number of H-pyrrole nitrogens is 1. The van der Waals surface area contributed by atoms with Crippen LogP contribution in [0.4, 0.5) is 0 Å². The van der Waals surface area contributed by atoms with Gasteiger partial charge in [-0.2, -0.15) is 0 Å². The van der Waals surface area contributed by atoms with Crippen molar-refractivity contribution in [1.29, 1.82) is 0 Å². The molecule has 1 aliphatic rings. The molecule has 26 heavy (non-hydrogen) atoms. The Kier molecular flexibility index (Phi) is 4.86. The Morgan fingerprint density at radius 1 is 1.15 bits per heavy atom. The number of carbonyl (C=O) groups is 1. The zero-order chi connectivity index (χ0) is 17.8. The van der Waals surface area contributed by atoms with Gasteiger partial charge in [0.05, 0.1) is 23.7 Å². The van der Waals surface area contributed by atoms with Crippen molar-refractivity contribution >= 4 is 16.9 Å². The van der Waals surface area contributed by atoms with Crippen LogP contribution in [-0.4, -0.2) is 33.9 Å². The Hall–Kier alpha value is -2.82. The molecule has 1 N–H and O–H groups in total. The van der Waals surface area contributed by atoms with E-state index in [1.54, 1.807) is 0 Å². The quantitative estimate of drug-likeness (QED) is 0.682. The van der Waals surface area contributed by atoms with Gasteiger partial charge < -0.3 is 14.6 Å². The van der Waals surface area contributed by atoms with Crippen molar-refractivity contribution in [1.82, 2.24) is 14.9 Å². The number of imidazole rings is 1. The number of benzene rings is 2. The minimum absolute atomic E-state index is 0.0601. The first-order valence-corrected chi connectivity index (χ1v) is 9.23. The molecule has 5 nitrogen and oxygen atoms in total. The number of carbonyl (C=O) groups excluding carboxylic acids is 1. The van der Waals surface area contributed by atoms with Gasteiger partial charge in [0.25, 0.3) is 0 Å². The second kappa shape index (κ2) is 7.60. The van der Waals surface area contributed by atoms with Crippen LogP contribution >= 0.6 is 0 Å². The lowest BCUT2D eigenvalue weighted by molar-refractivity contribution is -0.132. The van der Waals surface area contributed by atoms with Gasteiger partial charge in [0.1, 0.15) is 11.6 Å². The maximum Gasteiger partial charge on any atom is 0.223 e. The fourth-order valence-corrected chi connectivity index (χ4v) is 3.55. The van der Waals surface area contributed by atoms with E-state index in [0.717, 1.165) is 48.4 Å². The number of rotatable bonds is 6. The summed E-state index contributed by atoms with van der Waals surface area (Å²) < 4.78 is 5.68. The van der Waals surface area contributed by atoms with Crippen molar-refractivity contribution in [3.05, 3.63) is 60.4 Å². The van der Waals surface area contributed by atoms with Gasteiger partial charge in [-0.1, -0.05) is 30.3 Å². The molecule has 1 fully saturated rings. The number of aromatic amines is 1. The van der Waals surface area contributed by atoms with Crippen molar-refractivity contribution in [2.24, 2.45) is 0 Å². The molecule has 134 valence electrons. The second-order valence-electron chi connectivity index (χ2n) is 6.65. The third-order valence-electron chi connectivity index (χ3n) is 4.84. The second-order valence-corrected chi connectivity index (χ2v) is 6.65. The molecule has 2 aromatic carbocycles. The predicted molar refractivity (Wildman–Crippen MR) is 101 cm³/mol. The van der Waals surface area contributed by atoms with Crippen LogP contribution in [0.25, 0.3) is 11.0 Å². The summed E-state index contributed by atoms with van der Waals surface area (Å²) in [4.78, 5) is 22.7. The van der Waals surface area contributed by atoms with E-state index in [-0.39, 0.29) is 11.9 Å². The first kappa shape index (κ1) is 16.6. The van der Waals surface area contributed by atoms with Crippen molar-refractivity contribution in [2.75, 3.05) is 13.2 Å². The van der Waals surface area contributed by atoms with Crippen LogP contribution < -0.4 is 4.74 Å². The minimum atomic E-state index is 0.0601. The standard InChI is InChI=1S/C21H23N3O2/c25-20(13-7-15-26-16-8-2-1-3-9-16)24-14-6-12-19(24)21-22-17-10-4-5-11-18(17)23-21/h1-5,8-11,19H,6-7,12-15H2,(H,22,23). The number of hydrogen-bond acceptors (Lipinski definition) is 3. The summed E-state index contributed by atoms with van der Waals surface area (Å²) in [5, 5.41) is 0. The monoisotopic (exact) mass is 349 g/mol. The van der Waals surface area contributed by atoms with Crippen LogP contribution in [0.5, 0.6) is 5.75 Å². The molecule has 4 rings (SSSR count). The lowest BCUT2D eigenvalue weighted by atomic mass is 10.2. The molecule has 1 aliphatic heterocycles. The van der Waals surface area contributed by atoms with Crippen molar-refractivity contribution in [3.8, 4) is 5.75 Å². The highest BCUT2D eigenvalue weighted by molar-refractivity contribution is 5.78.